The van der Waals surface area contributed by atoms with Gasteiger partial charge in [-0.05, 0) is 74.0 Å². The molecule has 31 heavy (non-hydrogen) atoms. The van der Waals surface area contributed by atoms with Gasteiger partial charge in [-0.1, -0.05) is 30.3 Å². The van der Waals surface area contributed by atoms with E-state index >= 15 is 0 Å². The number of benzene rings is 2. The van der Waals surface area contributed by atoms with E-state index in [-0.39, 0.29) is 18.2 Å². The monoisotopic (exact) mass is 433 g/mol. The number of aryl methyl sites for hydroxylation is 1. The zero-order valence-corrected chi connectivity index (χ0v) is 18.6. The Morgan fingerprint density at radius 2 is 1.97 bits per heavy atom. The molecule has 2 bridgehead atoms. The predicted molar refractivity (Wildman–Crippen MR) is 122 cm³/mol. The third kappa shape index (κ3) is 3.42. The Morgan fingerprint density at radius 3 is 2.77 bits per heavy atom. The summed E-state index contributed by atoms with van der Waals surface area (Å²) in [7, 11) is 0. The fourth-order valence-corrected chi connectivity index (χ4v) is 6.40. The molecule has 5 heterocycles. The lowest BCUT2D eigenvalue weighted by atomic mass is 9.86. The lowest BCUT2D eigenvalue weighted by Gasteiger charge is -2.45. The van der Waals surface area contributed by atoms with Crippen LogP contribution in [0.4, 0.5) is 4.79 Å². The lowest BCUT2D eigenvalue weighted by Crippen LogP contribution is -2.53. The molecule has 160 valence electrons. The average Bonchev–Trinajstić information content (AvgIpc) is 3.18. The Kier molecular flexibility index (Phi) is 4.73. The van der Waals surface area contributed by atoms with Crippen LogP contribution in [-0.4, -0.2) is 53.2 Å². The van der Waals surface area contributed by atoms with Gasteiger partial charge < -0.3 is 4.74 Å². The maximum atomic E-state index is 13.5. The van der Waals surface area contributed by atoms with E-state index in [0.717, 1.165) is 55.0 Å². The molecule has 3 fully saturated rings. The van der Waals surface area contributed by atoms with Gasteiger partial charge in [-0.2, -0.15) is 0 Å². The van der Waals surface area contributed by atoms with Crippen molar-refractivity contribution in [2.75, 3.05) is 26.2 Å². The van der Waals surface area contributed by atoms with Gasteiger partial charge in [-0.25, -0.2) is 9.78 Å². The molecular formula is C25H27N3O2S. The zero-order chi connectivity index (χ0) is 20.9. The van der Waals surface area contributed by atoms with Gasteiger partial charge in [0, 0.05) is 13.1 Å². The molecule has 3 saturated heterocycles. The van der Waals surface area contributed by atoms with Gasteiger partial charge in [0.05, 0.1) is 21.3 Å². The molecular weight excluding hydrogens is 406 g/mol. The third-order valence-corrected chi connectivity index (χ3v) is 8.15. The maximum absolute atomic E-state index is 13.5. The summed E-state index contributed by atoms with van der Waals surface area (Å²) < 4.78 is 7.34. The molecule has 5 nitrogen and oxygen atoms in total. The molecule has 3 aromatic rings. The normalized spacial score (nSPS) is 27.3. The molecule has 6 heteroatoms. The summed E-state index contributed by atoms with van der Waals surface area (Å²) in [5.41, 5.74) is 4.63. The van der Waals surface area contributed by atoms with Crippen molar-refractivity contribution in [3.63, 3.8) is 0 Å². The van der Waals surface area contributed by atoms with Crippen LogP contribution in [0.2, 0.25) is 0 Å². The number of ether oxygens (including phenoxy) is 1. The van der Waals surface area contributed by atoms with Crippen molar-refractivity contribution in [3.05, 3.63) is 64.2 Å². The highest BCUT2D eigenvalue weighted by Crippen LogP contribution is 2.38. The topological polar surface area (TPSA) is 45.7 Å². The Balaban J connectivity index is 1.35. The first kappa shape index (κ1) is 19.3. The van der Waals surface area contributed by atoms with Crippen LogP contribution in [0.1, 0.15) is 40.6 Å². The maximum Gasteiger partial charge on any atom is 0.410 e. The molecule has 0 saturated carbocycles. The quantitative estimate of drug-likeness (QED) is 0.583. The van der Waals surface area contributed by atoms with E-state index in [4.69, 9.17) is 9.72 Å². The van der Waals surface area contributed by atoms with Crippen LogP contribution in [0.25, 0.3) is 10.2 Å². The minimum atomic E-state index is -0.173. The lowest BCUT2D eigenvalue weighted by molar-refractivity contribution is -0.0462. The molecule has 0 aliphatic carbocycles. The van der Waals surface area contributed by atoms with Crippen LogP contribution in [0, 0.1) is 12.8 Å². The second kappa shape index (κ2) is 7.61. The number of amides is 1. The fourth-order valence-electron chi connectivity index (χ4n) is 5.59. The number of rotatable bonds is 2. The van der Waals surface area contributed by atoms with E-state index in [1.807, 2.05) is 11.8 Å². The Bertz CT molecular complexity index is 1130. The van der Waals surface area contributed by atoms with Gasteiger partial charge in [0.2, 0.25) is 0 Å². The molecule has 1 aromatic heterocycles. The van der Waals surface area contributed by atoms with E-state index in [9.17, 15) is 4.79 Å². The van der Waals surface area contributed by atoms with E-state index in [1.54, 1.807) is 11.3 Å². The number of thiazole rings is 1. The molecule has 1 amide bonds. The summed E-state index contributed by atoms with van der Waals surface area (Å²) in [6.45, 7) is 5.89. The summed E-state index contributed by atoms with van der Waals surface area (Å²) in [6.07, 6.45) is 3.00. The zero-order valence-electron chi connectivity index (χ0n) is 17.8. The van der Waals surface area contributed by atoms with Crippen LogP contribution in [0.5, 0.6) is 0 Å². The molecule has 4 aliphatic heterocycles. The van der Waals surface area contributed by atoms with Gasteiger partial charge in [-0.3, -0.25) is 9.80 Å². The van der Waals surface area contributed by atoms with E-state index in [1.165, 1.54) is 15.8 Å². The van der Waals surface area contributed by atoms with Crippen molar-refractivity contribution in [3.8, 4) is 0 Å². The first-order valence-electron chi connectivity index (χ1n) is 11.3. The second-order valence-corrected chi connectivity index (χ2v) is 10.3. The standard InChI is InChI=1S/C25H27N3O2S/c1-16-26-21-14-19(6-7-23(21)31-16)24-20-5-3-2-4-17(20)10-13-28(24)25(29)30-22-15-27-11-8-18(22)9-12-27/h2-7,14,18,22,24H,8-13,15H2,1H3/t22-,24+/m1/s1. The summed E-state index contributed by atoms with van der Waals surface area (Å²) in [6, 6.07) is 14.8. The number of fused-ring (bicyclic) bond motifs is 5. The molecule has 0 spiro atoms. The minimum absolute atomic E-state index is 0.0245. The molecule has 0 radical (unpaired) electrons. The van der Waals surface area contributed by atoms with Crippen molar-refractivity contribution in [1.29, 1.82) is 0 Å². The van der Waals surface area contributed by atoms with Crippen molar-refractivity contribution >= 4 is 27.6 Å². The number of nitrogens with zero attached hydrogens (tertiary/aromatic N) is 3. The van der Waals surface area contributed by atoms with Gasteiger partial charge in [0.15, 0.2) is 0 Å². The molecule has 0 unspecified atom stereocenters. The summed E-state index contributed by atoms with van der Waals surface area (Å²) in [5.74, 6) is 0.513. The highest BCUT2D eigenvalue weighted by Gasteiger charge is 2.39. The van der Waals surface area contributed by atoms with Crippen molar-refractivity contribution in [2.45, 2.75) is 38.3 Å². The van der Waals surface area contributed by atoms with Gasteiger partial charge in [0.1, 0.15) is 6.10 Å². The molecule has 7 rings (SSSR count). The van der Waals surface area contributed by atoms with E-state index < -0.39 is 0 Å². The second-order valence-electron chi connectivity index (χ2n) is 9.07. The SMILES string of the molecule is Cc1nc2cc([C@H]3c4ccccc4CCN3C(=O)O[C@@H]3CN4CCC3CC4)ccc2s1. The predicted octanol–water partition coefficient (Wildman–Crippen LogP) is 4.78. The minimum Gasteiger partial charge on any atom is -0.444 e. The molecule has 2 atom stereocenters. The van der Waals surface area contributed by atoms with Crippen LogP contribution >= 0.6 is 11.3 Å². The summed E-state index contributed by atoms with van der Waals surface area (Å²) in [4.78, 5) is 22.5. The number of aromatic nitrogens is 1. The van der Waals surface area contributed by atoms with E-state index in [2.05, 4.69) is 47.4 Å². The van der Waals surface area contributed by atoms with Crippen molar-refractivity contribution < 1.29 is 9.53 Å². The van der Waals surface area contributed by atoms with Gasteiger partial charge >= 0.3 is 6.09 Å². The highest BCUT2D eigenvalue weighted by molar-refractivity contribution is 7.18. The Labute approximate surface area is 186 Å². The number of piperidine rings is 3. The highest BCUT2D eigenvalue weighted by atomic mass is 32.1. The van der Waals surface area contributed by atoms with E-state index in [0.29, 0.717) is 12.5 Å². The summed E-state index contributed by atoms with van der Waals surface area (Å²) in [5, 5.41) is 1.06. The summed E-state index contributed by atoms with van der Waals surface area (Å²) >= 11 is 1.71. The molecule has 4 aliphatic rings. The first-order valence-corrected chi connectivity index (χ1v) is 12.1. The average molecular weight is 434 g/mol. The van der Waals surface area contributed by atoms with Crippen LogP contribution in [0.15, 0.2) is 42.5 Å². The van der Waals surface area contributed by atoms with Crippen molar-refractivity contribution in [1.82, 2.24) is 14.8 Å². The molecule has 2 aromatic carbocycles. The van der Waals surface area contributed by atoms with Crippen molar-refractivity contribution in [2.24, 2.45) is 5.92 Å². The van der Waals surface area contributed by atoms with Crippen LogP contribution < -0.4 is 0 Å². The van der Waals surface area contributed by atoms with Gasteiger partial charge in [0.25, 0.3) is 0 Å². The number of carbonyl (C=O) groups is 1. The van der Waals surface area contributed by atoms with Crippen LogP contribution in [0.3, 0.4) is 0 Å². The molecule has 0 N–H and O–H groups in total. The number of hydrogen-bond acceptors (Lipinski definition) is 5. The number of carbonyl (C=O) groups excluding carboxylic acids is 1. The smallest absolute Gasteiger partial charge is 0.410 e. The Morgan fingerprint density at radius 1 is 1.13 bits per heavy atom. The van der Waals surface area contributed by atoms with Crippen LogP contribution in [-0.2, 0) is 11.2 Å². The fraction of sp³-hybridized carbons (Fsp3) is 0.440. The largest absolute Gasteiger partial charge is 0.444 e. The number of hydrogen-bond donors (Lipinski definition) is 0. The Hall–Kier alpha value is -2.44. The third-order valence-electron chi connectivity index (χ3n) is 7.20. The first-order chi connectivity index (χ1) is 15.2. The van der Waals surface area contributed by atoms with Gasteiger partial charge in [-0.15, -0.1) is 11.3 Å².